The van der Waals surface area contributed by atoms with Crippen LogP contribution in [-0.2, 0) is 14.3 Å². The summed E-state index contributed by atoms with van der Waals surface area (Å²) in [5.74, 6) is 0.0634. The third kappa shape index (κ3) is 5.93. The number of rotatable bonds is 7. The van der Waals surface area contributed by atoms with Gasteiger partial charge in [0.25, 0.3) is 0 Å². The van der Waals surface area contributed by atoms with Crippen LogP contribution in [0.3, 0.4) is 0 Å². The summed E-state index contributed by atoms with van der Waals surface area (Å²) < 4.78 is 4.69. The SMILES string of the molecule is COC(=O)[C@H](CCSC)NC(=O)/C=C/c1ccccc1. The second-order valence-electron chi connectivity index (χ2n) is 4.11. The van der Waals surface area contributed by atoms with Crippen molar-refractivity contribution in [2.45, 2.75) is 12.5 Å². The molecule has 0 aliphatic heterocycles. The van der Waals surface area contributed by atoms with Gasteiger partial charge in [0.15, 0.2) is 0 Å². The minimum absolute atomic E-state index is 0.301. The molecule has 108 valence electrons. The van der Waals surface area contributed by atoms with Gasteiger partial charge in [0.2, 0.25) is 5.91 Å². The minimum Gasteiger partial charge on any atom is -0.467 e. The highest BCUT2D eigenvalue weighted by molar-refractivity contribution is 7.98. The Morgan fingerprint density at radius 1 is 1.35 bits per heavy atom. The first-order chi connectivity index (χ1) is 9.67. The fourth-order valence-corrected chi connectivity index (χ4v) is 2.05. The van der Waals surface area contributed by atoms with Crippen molar-refractivity contribution in [3.8, 4) is 0 Å². The number of thioether (sulfide) groups is 1. The number of esters is 1. The van der Waals surface area contributed by atoms with Crippen LogP contribution >= 0.6 is 11.8 Å². The summed E-state index contributed by atoms with van der Waals surface area (Å²) >= 11 is 1.62. The standard InChI is InChI=1S/C15H19NO3S/c1-19-15(18)13(10-11-20-2)16-14(17)9-8-12-6-4-3-5-7-12/h3-9,13H,10-11H2,1-2H3,(H,16,17)/b9-8+/t13-/m0/s1. The molecule has 0 radical (unpaired) electrons. The Balaban J connectivity index is 2.57. The van der Waals surface area contributed by atoms with Gasteiger partial charge >= 0.3 is 5.97 Å². The topological polar surface area (TPSA) is 55.4 Å². The van der Waals surface area contributed by atoms with Gasteiger partial charge in [-0.05, 0) is 30.1 Å². The van der Waals surface area contributed by atoms with Crippen LogP contribution in [0.1, 0.15) is 12.0 Å². The van der Waals surface area contributed by atoms with Gasteiger partial charge in [0.1, 0.15) is 6.04 Å². The van der Waals surface area contributed by atoms with E-state index in [0.29, 0.717) is 6.42 Å². The predicted molar refractivity (Wildman–Crippen MR) is 82.4 cm³/mol. The molecule has 0 spiro atoms. The maximum atomic E-state index is 11.8. The number of amides is 1. The van der Waals surface area contributed by atoms with E-state index in [-0.39, 0.29) is 5.91 Å². The summed E-state index contributed by atoms with van der Waals surface area (Å²) in [6.45, 7) is 0. The molecule has 0 fully saturated rings. The van der Waals surface area contributed by atoms with Crippen molar-refractivity contribution < 1.29 is 14.3 Å². The van der Waals surface area contributed by atoms with Gasteiger partial charge in [-0.25, -0.2) is 4.79 Å². The summed E-state index contributed by atoms with van der Waals surface area (Å²) in [4.78, 5) is 23.4. The van der Waals surface area contributed by atoms with Crippen LogP contribution in [-0.4, -0.2) is 37.0 Å². The Morgan fingerprint density at radius 3 is 2.65 bits per heavy atom. The molecule has 1 aromatic rings. The average molecular weight is 293 g/mol. The molecule has 0 unspecified atom stereocenters. The molecule has 1 atom stereocenters. The molecule has 20 heavy (non-hydrogen) atoms. The lowest BCUT2D eigenvalue weighted by atomic mass is 10.2. The van der Waals surface area contributed by atoms with E-state index in [1.54, 1.807) is 17.8 Å². The Morgan fingerprint density at radius 2 is 2.05 bits per heavy atom. The monoisotopic (exact) mass is 293 g/mol. The van der Waals surface area contributed by atoms with E-state index >= 15 is 0 Å². The molecule has 0 heterocycles. The van der Waals surface area contributed by atoms with Crippen LogP contribution in [0, 0.1) is 0 Å². The summed E-state index contributed by atoms with van der Waals surface area (Å²) in [6.07, 6.45) is 5.63. The number of ether oxygens (including phenoxy) is 1. The van der Waals surface area contributed by atoms with Crippen molar-refractivity contribution in [3.05, 3.63) is 42.0 Å². The van der Waals surface area contributed by atoms with E-state index in [4.69, 9.17) is 0 Å². The Hall–Kier alpha value is -1.75. The maximum absolute atomic E-state index is 11.8. The zero-order valence-electron chi connectivity index (χ0n) is 11.7. The van der Waals surface area contributed by atoms with Gasteiger partial charge in [-0.15, -0.1) is 0 Å². The third-order valence-electron chi connectivity index (χ3n) is 2.64. The van der Waals surface area contributed by atoms with E-state index in [2.05, 4.69) is 10.1 Å². The fraction of sp³-hybridized carbons (Fsp3) is 0.333. The lowest BCUT2D eigenvalue weighted by molar-refractivity contribution is -0.144. The molecule has 4 nitrogen and oxygen atoms in total. The molecule has 0 saturated carbocycles. The van der Waals surface area contributed by atoms with E-state index in [1.165, 1.54) is 13.2 Å². The highest BCUT2D eigenvalue weighted by atomic mass is 32.2. The van der Waals surface area contributed by atoms with Crippen LogP contribution in [0.25, 0.3) is 6.08 Å². The van der Waals surface area contributed by atoms with E-state index in [0.717, 1.165) is 11.3 Å². The number of nitrogens with one attached hydrogen (secondary N) is 1. The second-order valence-corrected chi connectivity index (χ2v) is 5.10. The van der Waals surface area contributed by atoms with Gasteiger partial charge in [-0.3, -0.25) is 4.79 Å². The van der Waals surface area contributed by atoms with Crippen LogP contribution in [0.5, 0.6) is 0 Å². The highest BCUT2D eigenvalue weighted by Gasteiger charge is 2.19. The first-order valence-corrected chi connectivity index (χ1v) is 7.67. The molecule has 1 aromatic carbocycles. The predicted octanol–water partition coefficient (Wildman–Crippen LogP) is 2.11. The molecule has 0 aliphatic rings. The Labute approximate surface area is 123 Å². The molecule has 5 heteroatoms. The molecule has 1 rings (SSSR count). The summed E-state index contributed by atoms with van der Waals surface area (Å²) in [7, 11) is 1.32. The van der Waals surface area contributed by atoms with Gasteiger partial charge < -0.3 is 10.1 Å². The summed E-state index contributed by atoms with van der Waals surface area (Å²) in [6, 6.07) is 8.90. The first-order valence-electron chi connectivity index (χ1n) is 6.27. The smallest absolute Gasteiger partial charge is 0.328 e. The summed E-state index contributed by atoms with van der Waals surface area (Å²) in [5.41, 5.74) is 0.932. The van der Waals surface area contributed by atoms with Crippen molar-refractivity contribution in [2.75, 3.05) is 19.1 Å². The molecule has 0 saturated heterocycles. The van der Waals surface area contributed by atoms with Crippen LogP contribution < -0.4 is 5.32 Å². The zero-order chi connectivity index (χ0) is 14.8. The average Bonchev–Trinajstić information content (AvgIpc) is 2.49. The van der Waals surface area contributed by atoms with Gasteiger partial charge in [0.05, 0.1) is 7.11 Å². The van der Waals surface area contributed by atoms with Crippen molar-refractivity contribution in [1.29, 1.82) is 0 Å². The zero-order valence-corrected chi connectivity index (χ0v) is 12.5. The molecule has 1 amide bonds. The minimum atomic E-state index is -0.597. The number of carbonyl (C=O) groups is 2. The number of hydrogen-bond donors (Lipinski definition) is 1. The fourth-order valence-electron chi connectivity index (χ4n) is 1.58. The van der Waals surface area contributed by atoms with Crippen LogP contribution in [0.4, 0.5) is 0 Å². The maximum Gasteiger partial charge on any atom is 0.328 e. The van der Waals surface area contributed by atoms with Crippen LogP contribution in [0.15, 0.2) is 36.4 Å². The second kappa shape index (κ2) is 9.20. The molecule has 0 aromatic heterocycles. The Bertz CT molecular complexity index is 459. The lowest BCUT2D eigenvalue weighted by Gasteiger charge is -2.14. The normalized spacial score (nSPS) is 12.1. The van der Waals surface area contributed by atoms with Crippen LogP contribution in [0.2, 0.25) is 0 Å². The van der Waals surface area contributed by atoms with Crippen molar-refractivity contribution in [2.24, 2.45) is 0 Å². The number of methoxy groups -OCH3 is 1. The highest BCUT2D eigenvalue weighted by Crippen LogP contribution is 2.04. The first kappa shape index (κ1) is 16.3. The molecular formula is C15H19NO3S. The number of carbonyl (C=O) groups excluding carboxylic acids is 2. The summed E-state index contributed by atoms with van der Waals surface area (Å²) in [5, 5.41) is 2.66. The molecule has 0 aliphatic carbocycles. The van der Waals surface area contributed by atoms with Crippen molar-refractivity contribution in [1.82, 2.24) is 5.32 Å². The molecule has 1 N–H and O–H groups in total. The third-order valence-corrected chi connectivity index (χ3v) is 3.28. The quantitative estimate of drug-likeness (QED) is 0.618. The number of benzene rings is 1. The molecule has 0 bridgehead atoms. The Kier molecular flexibility index (Phi) is 7.50. The van der Waals surface area contributed by atoms with Gasteiger partial charge in [-0.2, -0.15) is 11.8 Å². The van der Waals surface area contributed by atoms with E-state index in [1.807, 2.05) is 36.6 Å². The van der Waals surface area contributed by atoms with Crippen molar-refractivity contribution in [3.63, 3.8) is 0 Å². The molecular weight excluding hydrogens is 274 g/mol. The largest absolute Gasteiger partial charge is 0.467 e. The van der Waals surface area contributed by atoms with Gasteiger partial charge in [0, 0.05) is 6.08 Å². The van der Waals surface area contributed by atoms with Gasteiger partial charge in [-0.1, -0.05) is 30.3 Å². The lowest BCUT2D eigenvalue weighted by Crippen LogP contribution is -2.41. The van der Waals surface area contributed by atoms with E-state index < -0.39 is 12.0 Å². The van der Waals surface area contributed by atoms with E-state index in [9.17, 15) is 9.59 Å². The number of hydrogen-bond acceptors (Lipinski definition) is 4. The van der Waals surface area contributed by atoms with Crippen molar-refractivity contribution >= 4 is 29.7 Å².